The summed E-state index contributed by atoms with van der Waals surface area (Å²) in [6, 6.07) is 18.5. The molecule has 0 aliphatic carbocycles. The fourth-order valence-electron chi connectivity index (χ4n) is 2.27. The quantitative estimate of drug-likeness (QED) is 0.592. The first-order chi connectivity index (χ1) is 10.6. The van der Waals surface area contributed by atoms with Crippen molar-refractivity contribution in [3.8, 4) is 6.07 Å². The number of nitrogens with one attached hydrogen (secondary N) is 2. The van der Waals surface area contributed by atoms with E-state index in [0.717, 1.165) is 11.1 Å². The lowest BCUT2D eigenvalue weighted by molar-refractivity contribution is -0.121. The highest BCUT2D eigenvalue weighted by Crippen LogP contribution is 2.21. The van der Waals surface area contributed by atoms with Gasteiger partial charge in [-0.15, -0.1) is 0 Å². The molecule has 0 fully saturated rings. The van der Waals surface area contributed by atoms with Crippen molar-refractivity contribution in [3.63, 3.8) is 0 Å². The Hall–Kier alpha value is -3.13. The van der Waals surface area contributed by atoms with Crippen LogP contribution in [0, 0.1) is 16.7 Å². The highest BCUT2D eigenvalue weighted by Gasteiger charge is 2.21. The first-order valence-corrected chi connectivity index (χ1v) is 6.79. The van der Waals surface area contributed by atoms with E-state index in [0.29, 0.717) is 12.0 Å². The largest absolute Gasteiger partial charge is 0.370 e. The molecule has 1 atom stereocenters. The summed E-state index contributed by atoms with van der Waals surface area (Å²) in [5.41, 5.74) is 7.53. The van der Waals surface area contributed by atoms with Crippen molar-refractivity contribution in [1.29, 1.82) is 10.7 Å². The molecule has 0 aliphatic rings. The SMILES string of the molecule is N#Cc1cccc(C[C@H](C(=O)NC(=N)N)c2ccccc2)c1. The molecule has 0 aromatic heterocycles. The molecule has 0 spiro atoms. The minimum atomic E-state index is -0.473. The van der Waals surface area contributed by atoms with Crippen LogP contribution in [-0.2, 0) is 11.2 Å². The second-order valence-electron chi connectivity index (χ2n) is 4.88. The first kappa shape index (κ1) is 15.3. The number of guanidine groups is 1. The van der Waals surface area contributed by atoms with E-state index in [1.165, 1.54) is 0 Å². The number of hydrogen-bond donors (Lipinski definition) is 3. The van der Waals surface area contributed by atoms with Crippen molar-refractivity contribution in [1.82, 2.24) is 5.32 Å². The summed E-state index contributed by atoms with van der Waals surface area (Å²) in [6.07, 6.45) is 0.429. The molecular formula is C17H16N4O. The maximum Gasteiger partial charge on any atom is 0.234 e. The van der Waals surface area contributed by atoms with Crippen molar-refractivity contribution >= 4 is 11.9 Å². The van der Waals surface area contributed by atoms with Crippen molar-refractivity contribution in [2.24, 2.45) is 5.73 Å². The molecule has 0 aliphatic heterocycles. The number of carbonyl (C=O) groups is 1. The van der Waals surface area contributed by atoms with Gasteiger partial charge in [-0.1, -0.05) is 42.5 Å². The van der Waals surface area contributed by atoms with Gasteiger partial charge in [0.1, 0.15) is 0 Å². The van der Waals surface area contributed by atoms with E-state index in [1.54, 1.807) is 18.2 Å². The van der Waals surface area contributed by atoms with Gasteiger partial charge < -0.3 is 5.73 Å². The standard InChI is InChI=1S/C17H16N4O/c18-11-13-6-4-5-12(9-13)10-15(16(22)21-17(19)20)14-7-2-1-3-8-14/h1-9,15H,10H2,(H4,19,20,21,22)/t15-/m0/s1. The van der Waals surface area contributed by atoms with Crippen LogP contribution >= 0.6 is 0 Å². The van der Waals surface area contributed by atoms with Gasteiger partial charge in [0.15, 0.2) is 5.96 Å². The number of carbonyl (C=O) groups excluding carboxylic acids is 1. The topological polar surface area (TPSA) is 103 Å². The molecule has 2 rings (SSSR count). The maximum atomic E-state index is 12.3. The molecule has 0 saturated carbocycles. The lowest BCUT2D eigenvalue weighted by Crippen LogP contribution is -2.39. The van der Waals surface area contributed by atoms with Crippen LogP contribution in [0.4, 0.5) is 0 Å². The van der Waals surface area contributed by atoms with Crippen LogP contribution < -0.4 is 11.1 Å². The van der Waals surface area contributed by atoms with Crippen molar-refractivity contribution in [2.45, 2.75) is 12.3 Å². The van der Waals surface area contributed by atoms with Crippen LogP contribution in [0.3, 0.4) is 0 Å². The van der Waals surface area contributed by atoms with Crippen molar-refractivity contribution in [2.75, 3.05) is 0 Å². The Morgan fingerprint density at radius 3 is 2.59 bits per heavy atom. The van der Waals surface area contributed by atoms with Gasteiger partial charge in [0, 0.05) is 0 Å². The Kier molecular flexibility index (Phi) is 4.89. The van der Waals surface area contributed by atoms with E-state index in [2.05, 4.69) is 11.4 Å². The number of nitrogens with zero attached hydrogens (tertiary/aromatic N) is 1. The average Bonchev–Trinajstić information content (AvgIpc) is 2.53. The van der Waals surface area contributed by atoms with Gasteiger partial charge in [-0.3, -0.25) is 15.5 Å². The molecule has 22 heavy (non-hydrogen) atoms. The summed E-state index contributed by atoms with van der Waals surface area (Å²) >= 11 is 0. The number of nitrogens with two attached hydrogens (primary N) is 1. The zero-order chi connectivity index (χ0) is 15.9. The third kappa shape index (κ3) is 3.93. The van der Waals surface area contributed by atoms with Gasteiger partial charge in [-0.25, -0.2) is 0 Å². The summed E-state index contributed by atoms with van der Waals surface area (Å²) in [5.74, 6) is -1.18. The van der Waals surface area contributed by atoms with Gasteiger partial charge >= 0.3 is 0 Å². The number of amides is 1. The van der Waals surface area contributed by atoms with Gasteiger partial charge in [-0.05, 0) is 29.7 Å². The van der Waals surface area contributed by atoms with Crippen LogP contribution in [0.15, 0.2) is 54.6 Å². The molecule has 5 heteroatoms. The summed E-state index contributed by atoms with van der Waals surface area (Å²) < 4.78 is 0. The lowest BCUT2D eigenvalue weighted by atomic mass is 9.90. The first-order valence-electron chi connectivity index (χ1n) is 6.79. The molecule has 4 N–H and O–H groups in total. The number of hydrogen-bond acceptors (Lipinski definition) is 3. The summed E-state index contributed by atoms with van der Waals surface area (Å²) in [4.78, 5) is 12.3. The van der Waals surface area contributed by atoms with E-state index < -0.39 is 5.92 Å². The maximum absolute atomic E-state index is 12.3. The molecule has 1 amide bonds. The van der Waals surface area contributed by atoms with E-state index in [1.807, 2.05) is 36.4 Å². The molecule has 2 aromatic rings. The van der Waals surface area contributed by atoms with E-state index >= 15 is 0 Å². The Balaban J connectivity index is 2.30. The van der Waals surface area contributed by atoms with Crippen LogP contribution in [-0.4, -0.2) is 11.9 Å². The van der Waals surface area contributed by atoms with Gasteiger partial charge in [-0.2, -0.15) is 5.26 Å². The Morgan fingerprint density at radius 2 is 1.95 bits per heavy atom. The van der Waals surface area contributed by atoms with Crippen molar-refractivity contribution < 1.29 is 4.79 Å². The van der Waals surface area contributed by atoms with Crippen LogP contribution in [0.2, 0.25) is 0 Å². The number of rotatable bonds is 4. The monoisotopic (exact) mass is 292 g/mol. The molecule has 0 saturated heterocycles. The zero-order valence-electron chi connectivity index (χ0n) is 11.9. The van der Waals surface area contributed by atoms with E-state index in [9.17, 15) is 4.79 Å². The lowest BCUT2D eigenvalue weighted by Gasteiger charge is -2.17. The fraction of sp³-hybridized carbons (Fsp3) is 0.118. The van der Waals surface area contributed by atoms with Crippen molar-refractivity contribution in [3.05, 3.63) is 71.3 Å². The minimum absolute atomic E-state index is 0.332. The van der Waals surface area contributed by atoms with Crippen LogP contribution in [0.25, 0.3) is 0 Å². The van der Waals surface area contributed by atoms with E-state index in [-0.39, 0.29) is 11.9 Å². The second-order valence-corrected chi connectivity index (χ2v) is 4.88. The zero-order valence-corrected chi connectivity index (χ0v) is 11.9. The molecule has 0 radical (unpaired) electrons. The summed E-state index contributed by atoms with van der Waals surface area (Å²) in [6.45, 7) is 0. The highest BCUT2D eigenvalue weighted by molar-refractivity contribution is 5.98. The summed E-state index contributed by atoms with van der Waals surface area (Å²) in [7, 11) is 0. The molecule has 2 aromatic carbocycles. The minimum Gasteiger partial charge on any atom is -0.370 e. The molecule has 5 nitrogen and oxygen atoms in total. The molecule has 110 valence electrons. The fourth-order valence-corrected chi connectivity index (χ4v) is 2.27. The average molecular weight is 292 g/mol. The molecule has 0 bridgehead atoms. The third-order valence-corrected chi connectivity index (χ3v) is 3.27. The Morgan fingerprint density at radius 1 is 1.23 bits per heavy atom. The number of benzene rings is 2. The van der Waals surface area contributed by atoms with E-state index in [4.69, 9.17) is 16.4 Å². The third-order valence-electron chi connectivity index (χ3n) is 3.27. The second kappa shape index (κ2) is 7.04. The highest BCUT2D eigenvalue weighted by atomic mass is 16.2. The predicted molar refractivity (Wildman–Crippen MR) is 84.1 cm³/mol. The van der Waals surface area contributed by atoms with Crippen LogP contribution in [0.5, 0.6) is 0 Å². The normalized spacial score (nSPS) is 11.2. The van der Waals surface area contributed by atoms with Gasteiger partial charge in [0.2, 0.25) is 5.91 Å². The molecule has 0 heterocycles. The Bertz CT molecular complexity index is 719. The smallest absolute Gasteiger partial charge is 0.234 e. The number of nitriles is 1. The van der Waals surface area contributed by atoms with Gasteiger partial charge in [0.05, 0.1) is 17.6 Å². The molecule has 0 unspecified atom stereocenters. The van der Waals surface area contributed by atoms with Crippen LogP contribution in [0.1, 0.15) is 22.6 Å². The summed E-state index contributed by atoms with van der Waals surface area (Å²) in [5, 5.41) is 18.5. The molecular weight excluding hydrogens is 276 g/mol. The Labute approximate surface area is 128 Å². The predicted octanol–water partition coefficient (Wildman–Crippen LogP) is 1.89. The van der Waals surface area contributed by atoms with Gasteiger partial charge in [0.25, 0.3) is 0 Å².